The van der Waals surface area contributed by atoms with Crippen molar-refractivity contribution in [3.8, 4) is 0 Å². The molecule has 0 fully saturated rings. The zero-order chi connectivity index (χ0) is 16.1. The number of azo groups is 1. The normalized spacial score (nSPS) is 11.1. The molecule has 0 aliphatic rings. The van der Waals surface area contributed by atoms with Crippen LogP contribution < -0.4 is 4.90 Å². The van der Waals surface area contributed by atoms with E-state index in [1.807, 2.05) is 13.0 Å². The second-order valence-corrected chi connectivity index (χ2v) is 5.78. The lowest BCUT2D eigenvalue weighted by Crippen LogP contribution is -2.21. The zero-order valence-corrected chi connectivity index (χ0v) is 14.5. The Kier molecular flexibility index (Phi) is 5.81. The van der Waals surface area contributed by atoms with Gasteiger partial charge in [0, 0.05) is 23.8 Å². The highest BCUT2D eigenvalue weighted by atomic mass is 35.5. The summed E-state index contributed by atoms with van der Waals surface area (Å²) >= 11 is 12.0. The summed E-state index contributed by atoms with van der Waals surface area (Å²) in [6.07, 6.45) is 0. The monoisotopic (exact) mass is 335 g/mol. The molecule has 0 radical (unpaired) electrons. The minimum Gasteiger partial charge on any atom is -0.372 e. The van der Waals surface area contributed by atoms with Gasteiger partial charge in [-0.2, -0.15) is 5.11 Å². The fourth-order valence-electron chi connectivity index (χ4n) is 2.21. The Morgan fingerprint density at radius 3 is 2.23 bits per heavy atom. The van der Waals surface area contributed by atoms with E-state index in [2.05, 4.69) is 41.1 Å². The second kappa shape index (κ2) is 7.61. The van der Waals surface area contributed by atoms with E-state index in [-0.39, 0.29) is 0 Å². The standard InChI is InChI=1S/C17H19Cl2N3/c1-4-22(5-2)14-7-9-16(12(3)10-14)20-21-17-11-13(18)6-8-15(17)19/h6-11H,4-5H2,1-3H3. The summed E-state index contributed by atoms with van der Waals surface area (Å²) < 4.78 is 0. The van der Waals surface area contributed by atoms with Gasteiger partial charge in [0.1, 0.15) is 5.69 Å². The van der Waals surface area contributed by atoms with Crippen molar-refractivity contribution >= 4 is 40.3 Å². The first-order chi connectivity index (χ1) is 10.5. The summed E-state index contributed by atoms with van der Waals surface area (Å²) in [6.45, 7) is 8.28. The molecule has 0 spiro atoms. The highest BCUT2D eigenvalue weighted by molar-refractivity contribution is 6.35. The third-order valence-corrected chi connectivity index (χ3v) is 4.04. The van der Waals surface area contributed by atoms with E-state index >= 15 is 0 Å². The maximum absolute atomic E-state index is 6.09. The van der Waals surface area contributed by atoms with Crippen molar-refractivity contribution in [3.63, 3.8) is 0 Å². The minimum atomic E-state index is 0.533. The van der Waals surface area contributed by atoms with E-state index in [0.29, 0.717) is 15.7 Å². The van der Waals surface area contributed by atoms with Crippen LogP contribution in [0.3, 0.4) is 0 Å². The Balaban J connectivity index is 2.26. The Labute approximate surface area is 141 Å². The van der Waals surface area contributed by atoms with Crippen LogP contribution in [0.25, 0.3) is 0 Å². The van der Waals surface area contributed by atoms with Gasteiger partial charge in [-0.25, -0.2) is 0 Å². The van der Waals surface area contributed by atoms with Crippen molar-refractivity contribution in [2.45, 2.75) is 20.8 Å². The average molecular weight is 336 g/mol. The van der Waals surface area contributed by atoms with Gasteiger partial charge in [0.15, 0.2) is 0 Å². The summed E-state index contributed by atoms with van der Waals surface area (Å²) in [5.41, 5.74) is 3.67. The molecule has 0 saturated carbocycles. The van der Waals surface area contributed by atoms with E-state index in [4.69, 9.17) is 23.2 Å². The van der Waals surface area contributed by atoms with Crippen LogP contribution in [-0.2, 0) is 0 Å². The molecule has 0 amide bonds. The molecule has 2 aromatic carbocycles. The average Bonchev–Trinajstić information content (AvgIpc) is 2.51. The number of nitrogens with zero attached hydrogens (tertiary/aromatic N) is 3. The third kappa shape index (κ3) is 3.99. The number of rotatable bonds is 5. The molecular formula is C17H19Cl2N3. The Hall–Kier alpha value is -1.58. The molecule has 0 unspecified atom stereocenters. The molecule has 5 heteroatoms. The summed E-state index contributed by atoms with van der Waals surface area (Å²) in [5.74, 6) is 0. The first-order valence-corrected chi connectivity index (χ1v) is 8.03. The Morgan fingerprint density at radius 2 is 1.59 bits per heavy atom. The fourth-order valence-corrected chi connectivity index (χ4v) is 2.53. The van der Waals surface area contributed by atoms with Crippen LogP contribution in [-0.4, -0.2) is 13.1 Å². The molecule has 0 aromatic heterocycles. The van der Waals surface area contributed by atoms with Crippen LogP contribution in [0.4, 0.5) is 17.1 Å². The Bertz CT molecular complexity index is 680. The molecule has 2 aromatic rings. The van der Waals surface area contributed by atoms with E-state index < -0.39 is 0 Å². The maximum atomic E-state index is 6.09. The van der Waals surface area contributed by atoms with Crippen molar-refractivity contribution in [3.05, 3.63) is 52.0 Å². The Morgan fingerprint density at radius 1 is 0.909 bits per heavy atom. The van der Waals surface area contributed by atoms with Gasteiger partial charge in [-0.15, -0.1) is 5.11 Å². The van der Waals surface area contributed by atoms with Crippen molar-refractivity contribution in [1.82, 2.24) is 0 Å². The fraction of sp³-hybridized carbons (Fsp3) is 0.294. The van der Waals surface area contributed by atoms with Crippen LogP contribution in [0, 0.1) is 6.92 Å². The van der Waals surface area contributed by atoms with Gasteiger partial charge in [0.2, 0.25) is 0 Å². The van der Waals surface area contributed by atoms with Crippen LogP contribution in [0.1, 0.15) is 19.4 Å². The zero-order valence-electron chi connectivity index (χ0n) is 13.0. The predicted octanol–water partition coefficient (Wildman–Crippen LogP) is 6.56. The number of benzene rings is 2. The first-order valence-electron chi connectivity index (χ1n) is 7.27. The summed E-state index contributed by atoms with van der Waals surface area (Å²) in [5, 5.41) is 9.62. The van der Waals surface area contributed by atoms with Crippen molar-refractivity contribution in [2.75, 3.05) is 18.0 Å². The van der Waals surface area contributed by atoms with Gasteiger partial charge in [-0.1, -0.05) is 23.2 Å². The molecule has 0 aliphatic carbocycles. The molecule has 0 atom stereocenters. The molecule has 0 aliphatic heterocycles. The highest BCUT2D eigenvalue weighted by Gasteiger charge is 2.05. The van der Waals surface area contributed by atoms with Crippen molar-refractivity contribution < 1.29 is 0 Å². The maximum Gasteiger partial charge on any atom is 0.106 e. The van der Waals surface area contributed by atoms with Gasteiger partial charge in [0.05, 0.1) is 10.7 Å². The quantitative estimate of drug-likeness (QED) is 0.568. The molecule has 0 heterocycles. The molecule has 116 valence electrons. The van der Waals surface area contributed by atoms with Gasteiger partial charge in [-0.3, -0.25) is 0 Å². The lowest BCUT2D eigenvalue weighted by atomic mass is 10.1. The largest absolute Gasteiger partial charge is 0.372 e. The molecule has 0 N–H and O–H groups in total. The van der Waals surface area contributed by atoms with Gasteiger partial charge in [0.25, 0.3) is 0 Å². The summed E-state index contributed by atoms with van der Waals surface area (Å²) in [4.78, 5) is 2.29. The van der Waals surface area contributed by atoms with Crippen molar-refractivity contribution in [1.29, 1.82) is 0 Å². The molecule has 2 rings (SSSR count). The van der Waals surface area contributed by atoms with E-state index in [1.54, 1.807) is 18.2 Å². The highest BCUT2D eigenvalue weighted by Crippen LogP contribution is 2.31. The number of hydrogen-bond acceptors (Lipinski definition) is 3. The van der Waals surface area contributed by atoms with Crippen LogP contribution >= 0.6 is 23.2 Å². The summed E-state index contributed by atoms with van der Waals surface area (Å²) in [7, 11) is 0. The SMILES string of the molecule is CCN(CC)c1ccc(N=Nc2cc(Cl)ccc2Cl)c(C)c1. The van der Waals surface area contributed by atoms with Gasteiger partial charge in [-0.05, 0) is 62.7 Å². The van der Waals surface area contributed by atoms with Crippen molar-refractivity contribution in [2.24, 2.45) is 10.2 Å². The van der Waals surface area contributed by atoms with Crippen LogP contribution in [0.15, 0.2) is 46.6 Å². The molecule has 0 saturated heterocycles. The lowest BCUT2D eigenvalue weighted by molar-refractivity contribution is 0.865. The second-order valence-electron chi connectivity index (χ2n) is 4.94. The van der Waals surface area contributed by atoms with E-state index in [1.165, 1.54) is 5.69 Å². The molecule has 0 bridgehead atoms. The molecule has 3 nitrogen and oxygen atoms in total. The predicted molar refractivity (Wildman–Crippen MR) is 95.4 cm³/mol. The first kappa shape index (κ1) is 16.8. The van der Waals surface area contributed by atoms with E-state index in [0.717, 1.165) is 24.3 Å². The number of aryl methyl sites for hydroxylation is 1. The van der Waals surface area contributed by atoms with Crippen LogP contribution in [0.2, 0.25) is 10.0 Å². The number of halogens is 2. The van der Waals surface area contributed by atoms with E-state index in [9.17, 15) is 0 Å². The third-order valence-electron chi connectivity index (χ3n) is 3.48. The molecular weight excluding hydrogens is 317 g/mol. The number of hydrogen-bond donors (Lipinski definition) is 0. The molecule has 22 heavy (non-hydrogen) atoms. The topological polar surface area (TPSA) is 28.0 Å². The van der Waals surface area contributed by atoms with Gasteiger partial charge < -0.3 is 4.90 Å². The van der Waals surface area contributed by atoms with Gasteiger partial charge >= 0.3 is 0 Å². The lowest BCUT2D eigenvalue weighted by Gasteiger charge is -2.21. The smallest absolute Gasteiger partial charge is 0.106 e. The number of anilines is 1. The van der Waals surface area contributed by atoms with Crippen LogP contribution in [0.5, 0.6) is 0 Å². The minimum absolute atomic E-state index is 0.533. The summed E-state index contributed by atoms with van der Waals surface area (Å²) in [6, 6.07) is 11.3.